The summed E-state index contributed by atoms with van der Waals surface area (Å²) in [4.78, 5) is 7.01. The van der Waals surface area contributed by atoms with E-state index in [1.54, 1.807) is 10.7 Å². The van der Waals surface area contributed by atoms with Gasteiger partial charge in [0.1, 0.15) is 5.82 Å². The van der Waals surface area contributed by atoms with Crippen molar-refractivity contribution in [2.45, 2.75) is 31.7 Å². The minimum Gasteiger partial charge on any atom is -0.396 e. The first-order valence-electron chi connectivity index (χ1n) is 6.67. The van der Waals surface area contributed by atoms with Crippen molar-refractivity contribution in [1.82, 2.24) is 14.6 Å². The lowest BCUT2D eigenvalue weighted by Gasteiger charge is -2.36. The number of hydrogen-bond acceptors (Lipinski definition) is 4. The summed E-state index contributed by atoms with van der Waals surface area (Å²) in [5, 5.41) is 13.4. The molecule has 1 aliphatic rings. The zero-order valence-electron chi connectivity index (χ0n) is 10.7. The Morgan fingerprint density at radius 3 is 3.16 bits per heavy atom. The van der Waals surface area contributed by atoms with Crippen molar-refractivity contribution in [2.75, 3.05) is 18.1 Å². The Balaban J connectivity index is 1.94. The summed E-state index contributed by atoms with van der Waals surface area (Å²) in [7, 11) is 0. The number of hydrogen-bond donors (Lipinski definition) is 1. The molecule has 0 saturated carbocycles. The second-order valence-electron chi connectivity index (χ2n) is 4.90. The highest BCUT2D eigenvalue weighted by Crippen LogP contribution is 2.26. The molecule has 0 amide bonds. The molecular weight excluding hydrogens is 308 g/mol. The molecule has 1 saturated heterocycles. The number of anilines is 1. The summed E-state index contributed by atoms with van der Waals surface area (Å²) in [6.07, 6.45) is 8.07. The van der Waals surface area contributed by atoms with E-state index >= 15 is 0 Å². The Hall–Kier alpha value is -1.14. The molecule has 19 heavy (non-hydrogen) atoms. The standard InChI is InChI=1S/C13H17BrN4O/c14-11-9-15-18-7-4-12(16-13(11)18)17-6-2-1-3-10(17)5-8-19/h4,7,9-10,19H,1-3,5-6,8H2/t10-/m0/s1. The zero-order valence-corrected chi connectivity index (χ0v) is 12.3. The molecule has 5 nitrogen and oxygen atoms in total. The molecule has 3 heterocycles. The Labute approximate surface area is 120 Å². The number of aliphatic hydroxyl groups is 1. The van der Waals surface area contributed by atoms with Crippen LogP contribution in [0.3, 0.4) is 0 Å². The fourth-order valence-electron chi connectivity index (χ4n) is 2.74. The number of rotatable bonds is 3. The van der Waals surface area contributed by atoms with Gasteiger partial charge >= 0.3 is 0 Å². The SMILES string of the molecule is OCC[C@@H]1CCCCN1c1ccn2ncc(Br)c2n1. The molecule has 102 valence electrons. The van der Waals surface area contributed by atoms with Crippen LogP contribution < -0.4 is 4.90 Å². The number of fused-ring (bicyclic) bond motifs is 1. The lowest BCUT2D eigenvalue weighted by Crippen LogP contribution is -2.40. The van der Waals surface area contributed by atoms with Crippen LogP contribution in [0.2, 0.25) is 0 Å². The molecule has 1 fully saturated rings. The van der Waals surface area contributed by atoms with Crippen molar-refractivity contribution in [2.24, 2.45) is 0 Å². The van der Waals surface area contributed by atoms with Crippen LogP contribution in [-0.2, 0) is 0 Å². The van der Waals surface area contributed by atoms with E-state index in [2.05, 4.69) is 30.9 Å². The number of piperidine rings is 1. The summed E-state index contributed by atoms with van der Waals surface area (Å²) >= 11 is 3.47. The van der Waals surface area contributed by atoms with Crippen molar-refractivity contribution in [1.29, 1.82) is 0 Å². The monoisotopic (exact) mass is 324 g/mol. The van der Waals surface area contributed by atoms with Gasteiger partial charge in [0.2, 0.25) is 0 Å². The lowest BCUT2D eigenvalue weighted by atomic mass is 10.00. The maximum absolute atomic E-state index is 9.20. The van der Waals surface area contributed by atoms with Crippen molar-refractivity contribution in [3.8, 4) is 0 Å². The van der Waals surface area contributed by atoms with E-state index in [4.69, 9.17) is 0 Å². The molecule has 1 atom stereocenters. The van der Waals surface area contributed by atoms with E-state index in [-0.39, 0.29) is 6.61 Å². The molecule has 3 rings (SSSR count). The Morgan fingerprint density at radius 2 is 2.32 bits per heavy atom. The minimum atomic E-state index is 0.236. The zero-order chi connectivity index (χ0) is 13.2. The third-order valence-electron chi connectivity index (χ3n) is 3.70. The van der Waals surface area contributed by atoms with E-state index in [1.807, 2.05) is 12.3 Å². The molecule has 0 unspecified atom stereocenters. The highest BCUT2D eigenvalue weighted by atomic mass is 79.9. The Morgan fingerprint density at radius 1 is 1.42 bits per heavy atom. The molecule has 2 aromatic rings. The fourth-order valence-corrected chi connectivity index (χ4v) is 3.10. The van der Waals surface area contributed by atoms with Crippen molar-refractivity contribution < 1.29 is 5.11 Å². The van der Waals surface area contributed by atoms with Crippen LogP contribution in [-0.4, -0.2) is 38.9 Å². The normalized spacial score (nSPS) is 20.1. The number of halogens is 1. The van der Waals surface area contributed by atoms with Gasteiger partial charge in [0.25, 0.3) is 0 Å². The molecule has 0 spiro atoms. The number of aliphatic hydroxyl groups excluding tert-OH is 1. The largest absolute Gasteiger partial charge is 0.396 e. The molecule has 1 aliphatic heterocycles. The van der Waals surface area contributed by atoms with E-state index in [1.165, 1.54) is 12.8 Å². The Kier molecular flexibility index (Phi) is 3.70. The van der Waals surface area contributed by atoms with E-state index in [0.29, 0.717) is 6.04 Å². The highest BCUT2D eigenvalue weighted by molar-refractivity contribution is 9.10. The van der Waals surface area contributed by atoms with E-state index in [0.717, 1.165) is 35.3 Å². The first-order valence-corrected chi connectivity index (χ1v) is 7.46. The Bertz CT molecular complexity index is 569. The smallest absolute Gasteiger partial charge is 0.171 e. The molecule has 0 aliphatic carbocycles. The van der Waals surface area contributed by atoms with E-state index in [9.17, 15) is 5.11 Å². The third kappa shape index (κ3) is 2.47. The fraction of sp³-hybridized carbons (Fsp3) is 0.538. The van der Waals surface area contributed by atoms with Gasteiger partial charge in [0.05, 0.1) is 10.7 Å². The second kappa shape index (κ2) is 5.46. The second-order valence-corrected chi connectivity index (χ2v) is 5.76. The van der Waals surface area contributed by atoms with Crippen LogP contribution in [0, 0.1) is 0 Å². The van der Waals surface area contributed by atoms with Gasteiger partial charge in [-0.2, -0.15) is 5.10 Å². The summed E-state index contributed by atoms with van der Waals surface area (Å²) in [6.45, 7) is 1.25. The maximum Gasteiger partial charge on any atom is 0.171 e. The minimum absolute atomic E-state index is 0.236. The quantitative estimate of drug-likeness (QED) is 0.940. The first-order chi connectivity index (χ1) is 9.29. The average Bonchev–Trinajstić information content (AvgIpc) is 2.81. The topological polar surface area (TPSA) is 53.7 Å². The van der Waals surface area contributed by atoms with Gasteiger partial charge in [-0.25, -0.2) is 9.50 Å². The van der Waals surface area contributed by atoms with E-state index < -0.39 is 0 Å². The summed E-state index contributed by atoms with van der Waals surface area (Å²) in [6, 6.07) is 2.40. The van der Waals surface area contributed by atoms with Crippen molar-refractivity contribution in [3.05, 3.63) is 22.9 Å². The molecule has 2 aromatic heterocycles. The molecule has 1 N–H and O–H groups in total. The van der Waals surface area contributed by atoms with Gasteiger partial charge in [0, 0.05) is 25.4 Å². The maximum atomic E-state index is 9.20. The summed E-state index contributed by atoms with van der Waals surface area (Å²) < 4.78 is 2.67. The predicted octanol–water partition coefficient (Wildman–Crippen LogP) is 2.23. The van der Waals surface area contributed by atoms with Crippen molar-refractivity contribution in [3.63, 3.8) is 0 Å². The van der Waals surface area contributed by atoms with Crippen LogP contribution in [0.25, 0.3) is 5.65 Å². The number of aromatic nitrogens is 3. The molecule has 6 heteroatoms. The summed E-state index contributed by atoms with van der Waals surface area (Å²) in [5.74, 6) is 0.979. The van der Waals surface area contributed by atoms with Gasteiger partial charge in [-0.05, 0) is 47.7 Å². The van der Waals surface area contributed by atoms with Gasteiger partial charge in [0.15, 0.2) is 5.65 Å². The van der Waals surface area contributed by atoms with Crippen LogP contribution in [0.5, 0.6) is 0 Å². The average molecular weight is 325 g/mol. The van der Waals surface area contributed by atoms with Crippen LogP contribution >= 0.6 is 15.9 Å². The predicted molar refractivity (Wildman–Crippen MR) is 77.4 cm³/mol. The van der Waals surface area contributed by atoms with Crippen LogP contribution in [0.15, 0.2) is 22.9 Å². The molecular formula is C13H17BrN4O. The summed E-state index contributed by atoms with van der Waals surface area (Å²) in [5.41, 5.74) is 0.839. The van der Waals surface area contributed by atoms with Gasteiger partial charge in [-0.15, -0.1) is 0 Å². The molecule has 0 aromatic carbocycles. The number of nitrogens with zero attached hydrogens (tertiary/aromatic N) is 4. The lowest BCUT2D eigenvalue weighted by molar-refractivity contribution is 0.262. The molecule has 0 bridgehead atoms. The van der Waals surface area contributed by atoms with Crippen molar-refractivity contribution >= 4 is 27.4 Å². The van der Waals surface area contributed by atoms with Gasteiger partial charge in [-0.3, -0.25) is 0 Å². The van der Waals surface area contributed by atoms with Crippen LogP contribution in [0.4, 0.5) is 5.82 Å². The van der Waals surface area contributed by atoms with Crippen LogP contribution in [0.1, 0.15) is 25.7 Å². The third-order valence-corrected chi connectivity index (χ3v) is 4.25. The molecule has 0 radical (unpaired) electrons. The first kappa shape index (κ1) is 12.9. The highest BCUT2D eigenvalue weighted by Gasteiger charge is 2.23. The van der Waals surface area contributed by atoms with Gasteiger partial charge < -0.3 is 10.0 Å². The van der Waals surface area contributed by atoms with Gasteiger partial charge in [-0.1, -0.05) is 0 Å².